The third-order valence-corrected chi connectivity index (χ3v) is 4.54. The number of pyridine rings is 1. The summed E-state index contributed by atoms with van der Waals surface area (Å²) < 4.78 is 0. The van der Waals surface area contributed by atoms with Gasteiger partial charge in [-0.2, -0.15) is 0 Å². The van der Waals surface area contributed by atoms with Crippen LogP contribution >= 0.6 is 0 Å². The highest BCUT2D eigenvalue weighted by molar-refractivity contribution is 5.77. The maximum Gasteiger partial charge on any atom is 0.188 e. The van der Waals surface area contributed by atoms with Crippen LogP contribution in [0.2, 0.25) is 0 Å². The van der Waals surface area contributed by atoms with Crippen molar-refractivity contribution in [3.8, 4) is 0 Å². The van der Waals surface area contributed by atoms with Crippen LogP contribution in [0.25, 0.3) is 0 Å². The zero-order valence-corrected chi connectivity index (χ0v) is 16.7. The lowest BCUT2D eigenvalue weighted by molar-refractivity contribution is 0.719. The van der Waals surface area contributed by atoms with Crippen molar-refractivity contribution in [1.29, 1.82) is 0 Å². The van der Waals surface area contributed by atoms with Crippen molar-refractivity contribution in [1.82, 2.24) is 20.3 Å². The number of benzene rings is 1. The minimum absolute atomic E-state index is 0.502. The van der Waals surface area contributed by atoms with Crippen molar-refractivity contribution < 1.29 is 0 Å². The Labute approximate surface area is 172 Å². The number of H-pyrrole nitrogens is 1. The summed E-state index contributed by atoms with van der Waals surface area (Å²) in [5.74, 6) is 1.48. The summed E-state index contributed by atoms with van der Waals surface area (Å²) in [6, 6.07) is 16.4. The van der Waals surface area contributed by atoms with Crippen molar-refractivity contribution in [3.05, 3.63) is 78.5 Å². The van der Waals surface area contributed by atoms with Gasteiger partial charge in [-0.3, -0.25) is 4.99 Å². The number of nitrogens with one attached hydrogen (secondary N) is 2. The molecule has 4 N–H and O–H groups in total. The Bertz CT molecular complexity index is 832. The van der Waals surface area contributed by atoms with E-state index in [9.17, 15) is 0 Å². The van der Waals surface area contributed by atoms with Crippen LogP contribution in [-0.2, 0) is 13.0 Å². The number of nitrogens with two attached hydrogens (primary N) is 1. The average Bonchev–Trinajstić information content (AvgIpc) is 3.28. The van der Waals surface area contributed by atoms with Gasteiger partial charge < -0.3 is 20.9 Å². The second-order valence-electron chi connectivity index (χ2n) is 6.82. The first kappa shape index (κ1) is 20.4. The Morgan fingerprint density at radius 2 is 1.97 bits per heavy atom. The number of hydrogen-bond donors (Lipinski definition) is 3. The molecular formula is C22H29N7. The van der Waals surface area contributed by atoms with Crippen molar-refractivity contribution in [2.75, 3.05) is 24.5 Å². The van der Waals surface area contributed by atoms with Gasteiger partial charge >= 0.3 is 0 Å². The Morgan fingerprint density at radius 3 is 2.72 bits per heavy atom. The van der Waals surface area contributed by atoms with Gasteiger partial charge in [-0.05, 0) is 37.0 Å². The third kappa shape index (κ3) is 7.29. The quantitative estimate of drug-likeness (QED) is 0.265. The molecule has 0 saturated carbocycles. The van der Waals surface area contributed by atoms with Gasteiger partial charge in [0.2, 0.25) is 0 Å². The molecule has 1 aromatic carbocycles. The van der Waals surface area contributed by atoms with Gasteiger partial charge in [0.05, 0.1) is 6.33 Å². The molecule has 7 nitrogen and oxygen atoms in total. The Kier molecular flexibility index (Phi) is 8.07. The molecule has 0 saturated heterocycles. The molecule has 0 spiro atoms. The molecule has 0 unspecified atom stereocenters. The highest BCUT2D eigenvalue weighted by atomic mass is 15.2. The molecule has 0 fully saturated rings. The molecule has 3 rings (SSSR count). The standard InChI is InChI=1S/C22H29N7/c23-22(26-13-6-10-20-16-24-18-28-20)27-14-7-15-29(21-11-4-5-12-25-21)17-19-8-2-1-3-9-19/h1-5,8-9,11-12,16,18H,6-7,10,13-15,17H2,(H,24,28)(H3,23,26,27). The number of anilines is 1. The molecule has 0 atom stereocenters. The zero-order chi connectivity index (χ0) is 20.2. The lowest BCUT2D eigenvalue weighted by atomic mass is 10.2. The number of aromatic nitrogens is 3. The normalized spacial score (nSPS) is 11.4. The SMILES string of the molecule is NC(=NCCCN(Cc1ccccc1)c1ccccn1)NCCCc1cnc[nH]1. The molecule has 0 bridgehead atoms. The Hall–Kier alpha value is -3.35. The number of guanidine groups is 1. The number of aryl methyl sites for hydroxylation is 1. The Balaban J connectivity index is 1.42. The number of nitrogens with zero attached hydrogens (tertiary/aromatic N) is 4. The predicted molar refractivity (Wildman–Crippen MR) is 118 cm³/mol. The van der Waals surface area contributed by atoms with Crippen LogP contribution in [0.1, 0.15) is 24.1 Å². The summed E-state index contributed by atoms with van der Waals surface area (Å²) in [6.45, 7) is 3.16. The Morgan fingerprint density at radius 1 is 1.10 bits per heavy atom. The van der Waals surface area contributed by atoms with E-state index in [0.29, 0.717) is 12.5 Å². The molecule has 0 aliphatic heterocycles. The fourth-order valence-corrected chi connectivity index (χ4v) is 3.05. The molecule has 29 heavy (non-hydrogen) atoms. The van der Waals surface area contributed by atoms with Crippen molar-refractivity contribution in [3.63, 3.8) is 0 Å². The molecule has 152 valence electrons. The maximum absolute atomic E-state index is 5.98. The summed E-state index contributed by atoms with van der Waals surface area (Å²) in [7, 11) is 0. The largest absolute Gasteiger partial charge is 0.370 e. The molecule has 2 heterocycles. The first-order valence-corrected chi connectivity index (χ1v) is 10.0. The molecule has 0 radical (unpaired) electrons. The van der Waals surface area contributed by atoms with E-state index in [1.165, 1.54) is 5.56 Å². The fourth-order valence-electron chi connectivity index (χ4n) is 3.05. The third-order valence-electron chi connectivity index (χ3n) is 4.54. The van der Waals surface area contributed by atoms with E-state index >= 15 is 0 Å². The summed E-state index contributed by atoms with van der Waals surface area (Å²) in [5, 5.41) is 3.17. The van der Waals surface area contributed by atoms with E-state index in [1.807, 2.05) is 36.7 Å². The lowest BCUT2D eigenvalue weighted by Crippen LogP contribution is -2.33. The minimum atomic E-state index is 0.502. The van der Waals surface area contributed by atoms with Crippen molar-refractivity contribution >= 4 is 11.8 Å². The summed E-state index contributed by atoms with van der Waals surface area (Å²) in [6.07, 6.45) is 8.20. The zero-order valence-electron chi connectivity index (χ0n) is 16.7. The van der Waals surface area contributed by atoms with Crippen LogP contribution < -0.4 is 16.0 Å². The lowest BCUT2D eigenvalue weighted by Gasteiger charge is -2.23. The first-order chi connectivity index (χ1) is 14.3. The molecule has 0 aliphatic rings. The van der Waals surface area contributed by atoms with E-state index in [4.69, 9.17) is 5.73 Å². The van der Waals surface area contributed by atoms with Crippen LogP contribution in [0.3, 0.4) is 0 Å². The van der Waals surface area contributed by atoms with Crippen LogP contribution in [0.4, 0.5) is 5.82 Å². The monoisotopic (exact) mass is 391 g/mol. The van der Waals surface area contributed by atoms with E-state index in [-0.39, 0.29) is 0 Å². The number of aromatic amines is 1. The van der Waals surface area contributed by atoms with Gasteiger partial charge in [-0.25, -0.2) is 9.97 Å². The highest BCUT2D eigenvalue weighted by Crippen LogP contribution is 2.14. The number of hydrogen-bond acceptors (Lipinski definition) is 4. The minimum Gasteiger partial charge on any atom is -0.370 e. The van der Waals surface area contributed by atoms with Crippen LogP contribution in [0.15, 0.2) is 72.2 Å². The molecule has 0 amide bonds. The first-order valence-electron chi connectivity index (χ1n) is 10.0. The number of rotatable bonds is 11. The van der Waals surface area contributed by atoms with Gasteiger partial charge in [0.15, 0.2) is 5.96 Å². The second kappa shape index (κ2) is 11.5. The number of imidazole rings is 1. The molecule has 2 aromatic heterocycles. The molecule has 0 aliphatic carbocycles. The molecular weight excluding hydrogens is 362 g/mol. The van der Waals surface area contributed by atoms with Crippen LogP contribution in [0, 0.1) is 0 Å². The highest BCUT2D eigenvalue weighted by Gasteiger charge is 2.08. The van der Waals surface area contributed by atoms with Crippen molar-refractivity contribution in [2.24, 2.45) is 10.7 Å². The van der Waals surface area contributed by atoms with Crippen molar-refractivity contribution in [2.45, 2.75) is 25.8 Å². The van der Waals surface area contributed by atoms with Gasteiger partial charge in [0, 0.05) is 44.3 Å². The molecule has 7 heteroatoms. The smallest absolute Gasteiger partial charge is 0.188 e. The fraction of sp³-hybridized carbons (Fsp3) is 0.318. The number of aliphatic imine (C=N–C) groups is 1. The second-order valence-corrected chi connectivity index (χ2v) is 6.82. The topological polar surface area (TPSA) is 95.2 Å². The summed E-state index contributed by atoms with van der Waals surface area (Å²) in [4.78, 5) is 18.3. The van der Waals surface area contributed by atoms with Gasteiger partial charge in [0.25, 0.3) is 0 Å². The van der Waals surface area contributed by atoms with Gasteiger partial charge in [-0.1, -0.05) is 36.4 Å². The summed E-state index contributed by atoms with van der Waals surface area (Å²) >= 11 is 0. The van der Waals surface area contributed by atoms with Gasteiger partial charge in [-0.15, -0.1) is 0 Å². The summed E-state index contributed by atoms with van der Waals surface area (Å²) in [5.41, 5.74) is 8.38. The molecule has 3 aromatic rings. The van der Waals surface area contributed by atoms with Crippen LogP contribution in [-0.4, -0.2) is 40.5 Å². The van der Waals surface area contributed by atoms with E-state index < -0.39 is 0 Å². The van der Waals surface area contributed by atoms with E-state index in [1.54, 1.807) is 6.33 Å². The van der Waals surface area contributed by atoms with E-state index in [2.05, 4.69) is 54.4 Å². The van der Waals surface area contributed by atoms with Gasteiger partial charge in [0.1, 0.15) is 5.82 Å². The van der Waals surface area contributed by atoms with E-state index in [0.717, 1.165) is 50.4 Å². The van der Waals surface area contributed by atoms with Crippen LogP contribution in [0.5, 0.6) is 0 Å². The predicted octanol–water partition coefficient (Wildman–Crippen LogP) is 2.74. The average molecular weight is 392 g/mol. The maximum atomic E-state index is 5.98.